The molecule has 0 saturated heterocycles. The van der Waals surface area contributed by atoms with Gasteiger partial charge in [0.15, 0.2) is 0 Å². The summed E-state index contributed by atoms with van der Waals surface area (Å²) in [6.07, 6.45) is 1.51. The number of rotatable bonds is 8. The number of nitrogens with zero attached hydrogens (tertiary/aromatic N) is 1. The van der Waals surface area contributed by atoms with Gasteiger partial charge in [-0.15, -0.1) is 6.58 Å². The molecule has 0 bridgehead atoms. The zero-order valence-electron chi connectivity index (χ0n) is 12.3. The van der Waals surface area contributed by atoms with Gasteiger partial charge in [0.2, 0.25) is 10.0 Å². The lowest BCUT2D eigenvalue weighted by molar-refractivity contribution is 0.260. The van der Waals surface area contributed by atoms with E-state index in [4.69, 9.17) is 5.11 Å². The van der Waals surface area contributed by atoms with E-state index in [1.165, 1.54) is 10.4 Å². The standard InChI is InChI=1S/C14H21BrN2O3S/c1-4-5-17(6-7-18)21(19,20)14-9-12(10-16-3)8-13(15)11(14)2/h4,8-9,16,18H,1,5-7,10H2,2-3H3. The van der Waals surface area contributed by atoms with Crippen molar-refractivity contribution in [1.82, 2.24) is 9.62 Å². The average molecular weight is 377 g/mol. The predicted octanol–water partition coefficient (Wildman–Crippen LogP) is 1.65. The first kappa shape index (κ1) is 18.3. The van der Waals surface area contributed by atoms with Crippen LogP contribution in [0.2, 0.25) is 0 Å². The molecule has 0 saturated carbocycles. The molecule has 5 nitrogen and oxygen atoms in total. The van der Waals surface area contributed by atoms with Crippen LogP contribution in [0.5, 0.6) is 0 Å². The van der Waals surface area contributed by atoms with Crippen molar-refractivity contribution in [2.24, 2.45) is 0 Å². The molecule has 0 amide bonds. The summed E-state index contributed by atoms with van der Waals surface area (Å²) in [7, 11) is -1.87. The van der Waals surface area contributed by atoms with Gasteiger partial charge in [0, 0.05) is 24.1 Å². The quantitative estimate of drug-likeness (QED) is 0.676. The first-order valence-electron chi connectivity index (χ1n) is 6.54. The van der Waals surface area contributed by atoms with Gasteiger partial charge in [-0.2, -0.15) is 4.31 Å². The van der Waals surface area contributed by atoms with E-state index >= 15 is 0 Å². The molecule has 0 heterocycles. The van der Waals surface area contributed by atoms with E-state index < -0.39 is 10.0 Å². The maximum Gasteiger partial charge on any atom is 0.243 e. The second kappa shape index (κ2) is 8.05. The third-order valence-corrected chi connectivity index (χ3v) is 5.85. The highest BCUT2D eigenvalue weighted by Crippen LogP contribution is 2.28. The van der Waals surface area contributed by atoms with Crippen LogP contribution in [0.3, 0.4) is 0 Å². The molecular formula is C14H21BrN2O3S. The van der Waals surface area contributed by atoms with Crippen LogP contribution in [0.4, 0.5) is 0 Å². The highest BCUT2D eigenvalue weighted by Gasteiger charge is 2.26. The van der Waals surface area contributed by atoms with Crippen LogP contribution in [0.15, 0.2) is 34.2 Å². The van der Waals surface area contributed by atoms with Crippen molar-refractivity contribution in [1.29, 1.82) is 0 Å². The molecule has 1 aromatic carbocycles. The molecule has 0 aliphatic heterocycles. The fraction of sp³-hybridized carbons (Fsp3) is 0.429. The van der Waals surface area contributed by atoms with E-state index in [1.54, 1.807) is 20.0 Å². The fourth-order valence-electron chi connectivity index (χ4n) is 1.99. The topological polar surface area (TPSA) is 69.6 Å². The Morgan fingerprint density at radius 1 is 1.48 bits per heavy atom. The number of halogens is 1. The Hall–Kier alpha value is -0.730. The minimum atomic E-state index is -3.68. The molecule has 1 aromatic rings. The summed E-state index contributed by atoms with van der Waals surface area (Å²) in [5.41, 5.74) is 1.53. The van der Waals surface area contributed by atoms with Crippen LogP contribution in [0.25, 0.3) is 0 Å². The molecule has 118 valence electrons. The number of benzene rings is 1. The Balaban J connectivity index is 3.37. The maximum atomic E-state index is 12.8. The largest absolute Gasteiger partial charge is 0.395 e. The normalized spacial score (nSPS) is 11.9. The Kier molecular flexibility index (Phi) is 7.02. The Labute approximate surface area is 134 Å². The first-order chi connectivity index (χ1) is 9.88. The van der Waals surface area contributed by atoms with Gasteiger partial charge in [-0.25, -0.2) is 8.42 Å². The van der Waals surface area contributed by atoms with Crippen LogP contribution in [-0.4, -0.2) is 44.6 Å². The van der Waals surface area contributed by atoms with Gasteiger partial charge in [-0.05, 0) is 37.2 Å². The van der Waals surface area contributed by atoms with E-state index in [0.29, 0.717) is 12.1 Å². The van der Waals surface area contributed by atoms with E-state index in [-0.39, 0.29) is 24.6 Å². The summed E-state index contributed by atoms with van der Waals surface area (Å²) in [4.78, 5) is 0.248. The highest BCUT2D eigenvalue weighted by atomic mass is 79.9. The van der Waals surface area contributed by atoms with E-state index in [2.05, 4.69) is 27.8 Å². The molecule has 0 fully saturated rings. The number of sulfonamides is 1. The van der Waals surface area contributed by atoms with Crippen molar-refractivity contribution >= 4 is 26.0 Å². The molecule has 7 heteroatoms. The Morgan fingerprint density at radius 2 is 2.14 bits per heavy atom. The van der Waals surface area contributed by atoms with E-state index in [0.717, 1.165) is 10.0 Å². The minimum absolute atomic E-state index is 0.0433. The number of hydrogen-bond acceptors (Lipinski definition) is 4. The summed E-state index contributed by atoms with van der Waals surface area (Å²) >= 11 is 3.41. The zero-order chi connectivity index (χ0) is 16.0. The molecule has 0 aromatic heterocycles. The lowest BCUT2D eigenvalue weighted by Gasteiger charge is -2.22. The number of nitrogens with one attached hydrogen (secondary N) is 1. The molecule has 1 rings (SSSR count). The lowest BCUT2D eigenvalue weighted by Crippen LogP contribution is -2.34. The average Bonchev–Trinajstić information content (AvgIpc) is 2.42. The van der Waals surface area contributed by atoms with Crippen molar-refractivity contribution in [2.75, 3.05) is 26.7 Å². The van der Waals surface area contributed by atoms with Crippen LogP contribution >= 0.6 is 15.9 Å². The second-order valence-corrected chi connectivity index (χ2v) is 7.37. The van der Waals surface area contributed by atoms with Crippen molar-refractivity contribution in [3.05, 3.63) is 40.4 Å². The lowest BCUT2D eigenvalue weighted by atomic mass is 10.1. The fourth-order valence-corrected chi connectivity index (χ4v) is 4.32. The molecule has 21 heavy (non-hydrogen) atoms. The van der Waals surface area contributed by atoms with Crippen LogP contribution in [-0.2, 0) is 16.6 Å². The third kappa shape index (κ3) is 4.37. The van der Waals surface area contributed by atoms with Crippen LogP contribution in [0.1, 0.15) is 11.1 Å². The summed E-state index contributed by atoms with van der Waals surface area (Å²) in [5.74, 6) is 0. The van der Waals surface area contributed by atoms with Gasteiger partial charge in [0.25, 0.3) is 0 Å². The molecular weight excluding hydrogens is 356 g/mol. The molecule has 0 atom stereocenters. The summed E-state index contributed by atoms with van der Waals surface area (Å²) in [6.45, 7) is 5.87. The van der Waals surface area contributed by atoms with Crippen molar-refractivity contribution in [3.63, 3.8) is 0 Å². The van der Waals surface area contributed by atoms with Crippen LogP contribution < -0.4 is 5.32 Å². The summed E-state index contributed by atoms with van der Waals surface area (Å²) in [6, 6.07) is 3.56. The third-order valence-electron chi connectivity index (χ3n) is 3.04. The van der Waals surface area contributed by atoms with Gasteiger partial charge >= 0.3 is 0 Å². The van der Waals surface area contributed by atoms with Gasteiger partial charge in [-0.3, -0.25) is 0 Å². The molecule has 0 aliphatic rings. The minimum Gasteiger partial charge on any atom is -0.395 e. The maximum absolute atomic E-state index is 12.8. The Morgan fingerprint density at radius 3 is 2.67 bits per heavy atom. The zero-order valence-corrected chi connectivity index (χ0v) is 14.7. The predicted molar refractivity (Wildman–Crippen MR) is 87.7 cm³/mol. The number of aliphatic hydroxyl groups is 1. The van der Waals surface area contributed by atoms with Crippen molar-refractivity contribution in [2.45, 2.75) is 18.4 Å². The summed E-state index contributed by atoms with van der Waals surface area (Å²) in [5, 5.41) is 12.1. The van der Waals surface area contributed by atoms with Gasteiger partial charge in [0.1, 0.15) is 0 Å². The second-order valence-electron chi connectivity index (χ2n) is 4.61. The number of aliphatic hydroxyl groups excluding tert-OH is 1. The van der Waals surface area contributed by atoms with Crippen molar-refractivity contribution in [3.8, 4) is 0 Å². The molecule has 2 N–H and O–H groups in total. The molecule has 0 aliphatic carbocycles. The number of hydrogen-bond donors (Lipinski definition) is 2. The molecule has 0 spiro atoms. The van der Waals surface area contributed by atoms with Gasteiger partial charge < -0.3 is 10.4 Å². The Bertz CT molecular complexity index is 602. The van der Waals surface area contributed by atoms with Gasteiger partial charge in [-0.1, -0.05) is 22.0 Å². The first-order valence-corrected chi connectivity index (χ1v) is 8.77. The van der Waals surface area contributed by atoms with Crippen molar-refractivity contribution < 1.29 is 13.5 Å². The molecule has 0 unspecified atom stereocenters. The monoisotopic (exact) mass is 376 g/mol. The van der Waals surface area contributed by atoms with E-state index in [1.807, 2.05) is 6.07 Å². The smallest absolute Gasteiger partial charge is 0.243 e. The van der Waals surface area contributed by atoms with E-state index in [9.17, 15) is 8.42 Å². The summed E-state index contributed by atoms with van der Waals surface area (Å²) < 4.78 is 27.5. The van der Waals surface area contributed by atoms with Gasteiger partial charge in [0.05, 0.1) is 11.5 Å². The SMILES string of the molecule is C=CCN(CCO)S(=O)(=O)c1cc(CNC)cc(Br)c1C. The molecule has 0 radical (unpaired) electrons. The van der Waals surface area contributed by atoms with Crippen LogP contribution in [0, 0.1) is 6.92 Å². The highest BCUT2D eigenvalue weighted by molar-refractivity contribution is 9.10.